The van der Waals surface area contributed by atoms with E-state index >= 15 is 0 Å². The average Bonchev–Trinajstić information content (AvgIpc) is 3.16. The maximum Gasteiger partial charge on any atom is 0.245 e. The van der Waals surface area contributed by atoms with Crippen molar-refractivity contribution in [3.8, 4) is 0 Å². The molecule has 0 aromatic heterocycles. The van der Waals surface area contributed by atoms with Gasteiger partial charge in [-0.25, -0.2) is 12.8 Å². The first kappa shape index (κ1) is 20.8. The number of nitrogens with zero attached hydrogens (tertiary/aromatic N) is 2. The van der Waals surface area contributed by atoms with Crippen LogP contribution in [-0.4, -0.2) is 44.8 Å². The standard InChI is InChI=1S/C22H26FN3O3S/c1-2-25-12-9-16-7-8-18(15-20(16)25)24-22(27)17-10-13-26(14-11-17)30(28,29)21-6-4-3-5-19(21)23/h3-8,15,17H,2,9-14H2,1H3,(H,24,27). The Morgan fingerprint density at radius 1 is 1.13 bits per heavy atom. The number of carbonyl (C=O) groups excluding carboxylic acids is 1. The molecule has 0 spiro atoms. The number of anilines is 2. The minimum Gasteiger partial charge on any atom is -0.371 e. The maximum absolute atomic E-state index is 14.0. The number of hydrogen-bond acceptors (Lipinski definition) is 4. The molecule has 1 N–H and O–H groups in total. The Kier molecular flexibility index (Phi) is 5.79. The summed E-state index contributed by atoms with van der Waals surface area (Å²) in [5.41, 5.74) is 3.23. The van der Waals surface area contributed by atoms with E-state index in [9.17, 15) is 17.6 Å². The molecule has 8 heteroatoms. The quantitative estimate of drug-likeness (QED) is 0.789. The highest BCUT2D eigenvalue weighted by Gasteiger charge is 2.33. The predicted molar refractivity (Wildman–Crippen MR) is 115 cm³/mol. The van der Waals surface area contributed by atoms with Crippen LogP contribution in [0.3, 0.4) is 0 Å². The van der Waals surface area contributed by atoms with Gasteiger partial charge in [-0.1, -0.05) is 18.2 Å². The van der Waals surface area contributed by atoms with Crippen LogP contribution in [0.1, 0.15) is 25.3 Å². The van der Waals surface area contributed by atoms with E-state index in [2.05, 4.69) is 23.2 Å². The average molecular weight is 432 g/mol. The largest absolute Gasteiger partial charge is 0.371 e. The van der Waals surface area contributed by atoms with Crippen LogP contribution >= 0.6 is 0 Å². The van der Waals surface area contributed by atoms with Gasteiger partial charge in [0.1, 0.15) is 10.7 Å². The van der Waals surface area contributed by atoms with Gasteiger partial charge in [0.15, 0.2) is 0 Å². The van der Waals surface area contributed by atoms with E-state index in [4.69, 9.17) is 0 Å². The van der Waals surface area contributed by atoms with Crippen molar-refractivity contribution in [1.29, 1.82) is 0 Å². The fourth-order valence-electron chi connectivity index (χ4n) is 4.25. The van der Waals surface area contributed by atoms with Crippen molar-refractivity contribution in [3.05, 3.63) is 53.8 Å². The molecule has 0 bridgehead atoms. The Balaban J connectivity index is 1.39. The van der Waals surface area contributed by atoms with Crippen molar-refractivity contribution in [2.45, 2.75) is 31.1 Å². The molecule has 6 nitrogen and oxygen atoms in total. The third kappa shape index (κ3) is 3.94. The number of likely N-dealkylation sites (N-methyl/N-ethyl adjacent to an activating group) is 1. The molecular weight excluding hydrogens is 405 g/mol. The van der Waals surface area contributed by atoms with Gasteiger partial charge in [-0.15, -0.1) is 0 Å². The first-order valence-electron chi connectivity index (χ1n) is 10.3. The molecule has 1 saturated heterocycles. The zero-order chi connectivity index (χ0) is 21.3. The maximum atomic E-state index is 14.0. The number of rotatable bonds is 5. The van der Waals surface area contributed by atoms with Gasteiger partial charge in [0.2, 0.25) is 15.9 Å². The molecule has 1 fully saturated rings. The van der Waals surface area contributed by atoms with Gasteiger partial charge in [0.25, 0.3) is 0 Å². The molecule has 0 unspecified atom stereocenters. The monoisotopic (exact) mass is 431 g/mol. The Morgan fingerprint density at radius 3 is 2.57 bits per heavy atom. The minimum atomic E-state index is -3.90. The van der Waals surface area contributed by atoms with Crippen LogP contribution in [0.15, 0.2) is 47.4 Å². The summed E-state index contributed by atoms with van der Waals surface area (Å²) >= 11 is 0. The van der Waals surface area contributed by atoms with E-state index in [1.807, 2.05) is 12.1 Å². The molecule has 0 aliphatic carbocycles. The van der Waals surface area contributed by atoms with Crippen LogP contribution in [0.5, 0.6) is 0 Å². The topological polar surface area (TPSA) is 69.7 Å². The molecule has 0 radical (unpaired) electrons. The number of hydrogen-bond donors (Lipinski definition) is 1. The van der Waals surface area contributed by atoms with Crippen molar-refractivity contribution in [2.75, 3.05) is 36.4 Å². The Hall–Kier alpha value is -2.45. The zero-order valence-electron chi connectivity index (χ0n) is 17.0. The highest BCUT2D eigenvalue weighted by atomic mass is 32.2. The van der Waals surface area contributed by atoms with Gasteiger partial charge in [0.05, 0.1) is 0 Å². The lowest BCUT2D eigenvalue weighted by Crippen LogP contribution is -2.41. The molecule has 2 aromatic carbocycles. The summed E-state index contributed by atoms with van der Waals surface area (Å²) in [6, 6.07) is 11.4. The third-order valence-corrected chi connectivity index (χ3v) is 7.94. The number of fused-ring (bicyclic) bond motifs is 1. The van der Waals surface area contributed by atoms with Crippen LogP contribution in [0.25, 0.3) is 0 Å². The highest BCUT2D eigenvalue weighted by molar-refractivity contribution is 7.89. The number of sulfonamides is 1. The van der Waals surface area contributed by atoms with Gasteiger partial charge >= 0.3 is 0 Å². The second-order valence-corrected chi connectivity index (χ2v) is 9.68. The van der Waals surface area contributed by atoms with Gasteiger partial charge < -0.3 is 10.2 Å². The molecule has 2 heterocycles. The molecule has 4 rings (SSSR count). The lowest BCUT2D eigenvalue weighted by molar-refractivity contribution is -0.120. The summed E-state index contributed by atoms with van der Waals surface area (Å²) in [4.78, 5) is 14.7. The van der Waals surface area contributed by atoms with Crippen LogP contribution < -0.4 is 10.2 Å². The summed E-state index contributed by atoms with van der Waals surface area (Å²) in [5, 5.41) is 2.99. The predicted octanol–water partition coefficient (Wildman–Crippen LogP) is 3.25. The smallest absolute Gasteiger partial charge is 0.245 e. The molecule has 2 aromatic rings. The third-order valence-electron chi connectivity index (χ3n) is 6.01. The summed E-state index contributed by atoms with van der Waals surface area (Å²) in [6.45, 7) is 4.44. The summed E-state index contributed by atoms with van der Waals surface area (Å²) in [5.74, 6) is -1.12. The highest BCUT2D eigenvalue weighted by Crippen LogP contribution is 2.31. The summed E-state index contributed by atoms with van der Waals surface area (Å²) in [7, 11) is -3.90. The molecule has 2 aliphatic heterocycles. The van der Waals surface area contributed by atoms with Crippen LogP contribution in [0, 0.1) is 11.7 Å². The van der Waals surface area contributed by atoms with Crippen molar-refractivity contribution >= 4 is 27.3 Å². The van der Waals surface area contributed by atoms with E-state index in [1.54, 1.807) is 0 Å². The van der Waals surface area contributed by atoms with E-state index in [1.165, 1.54) is 33.8 Å². The Labute approximate surface area is 176 Å². The van der Waals surface area contributed by atoms with Crippen molar-refractivity contribution < 1.29 is 17.6 Å². The lowest BCUT2D eigenvalue weighted by Gasteiger charge is -2.30. The zero-order valence-corrected chi connectivity index (χ0v) is 17.8. The van der Waals surface area contributed by atoms with Crippen LogP contribution in [-0.2, 0) is 21.2 Å². The molecule has 0 atom stereocenters. The van der Waals surface area contributed by atoms with Crippen LogP contribution in [0.2, 0.25) is 0 Å². The Morgan fingerprint density at radius 2 is 1.87 bits per heavy atom. The number of nitrogens with one attached hydrogen (secondary N) is 1. The molecule has 30 heavy (non-hydrogen) atoms. The molecule has 1 amide bonds. The number of benzene rings is 2. The van der Waals surface area contributed by atoms with Gasteiger partial charge in [0, 0.05) is 43.5 Å². The van der Waals surface area contributed by atoms with Gasteiger partial charge in [-0.2, -0.15) is 4.31 Å². The van der Waals surface area contributed by atoms with E-state index in [-0.39, 0.29) is 29.8 Å². The van der Waals surface area contributed by atoms with Gasteiger partial charge in [-0.05, 0) is 56.0 Å². The van der Waals surface area contributed by atoms with Gasteiger partial charge in [-0.3, -0.25) is 4.79 Å². The van der Waals surface area contributed by atoms with Crippen LogP contribution in [0.4, 0.5) is 15.8 Å². The number of carbonyl (C=O) groups is 1. The van der Waals surface area contributed by atoms with Crippen molar-refractivity contribution in [1.82, 2.24) is 4.31 Å². The van der Waals surface area contributed by atoms with E-state index < -0.39 is 15.8 Å². The second-order valence-electron chi connectivity index (χ2n) is 7.77. The number of piperidine rings is 1. The van der Waals surface area contributed by atoms with E-state index in [0.29, 0.717) is 12.8 Å². The first-order valence-corrected chi connectivity index (χ1v) is 11.8. The van der Waals surface area contributed by atoms with E-state index in [0.717, 1.165) is 31.3 Å². The Bertz CT molecular complexity index is 1050. The second kappa shape index (κ2) is 8.35. The number of amides is 1. The molecule has 2 aliphatic rings. The summed E-state index contributed by atoms with van der Waals surface area (Å²) in [6.07, 6.45) is 1.84. The molecular formula is C22H26FN3O3S. The fourth-order valence-corrected chi connectivity index (χ4v) is 5.78. The summed E-state index contributed by atoms with van der Waals surface area (Å²) < 4.78 is 40.7. The van der Waals surface area contributed by atoms with Crippen molar-refractivity contribution in [3.63, 3.8) is 0 Å². The minimum absolute atomic E-state index is 0.0982. The van der Waals surface area contributed by atoms with Crippen molar-refractivity contribution in [2.24, 2.45) is 5.92 Å². The number of halogens is 1. The first-order chi connectivity index (χ1) is 14.4. The normalized spacial score (nSPS) is 17.7. The lowest BCUT2D eigenvalue weighted by atomic mass is 9.97. The fraction of sp³-hybridized carbons (Fsp3) is 0.409. The SMILES string of the molecule is CCN1CCc2ccc(NC(=O)C3CCN(S(=O)(=O)c4ccccc4F)CC3)cc21. The molecule has 160 valence electrons. The molecule has 0 saturated carbocycles.